The zero-order valence-electron chi connectivity index (χ0n) is 8.25. The van der Waals surface area contributed by atoms with Gasteiger partial charge in [-0.2, -0.15) is 0 Å². The van der Waals surface area contributed by atoms with Crippen molar-refractivity contribution in [3.63, 3.8) is 0 Å². The molecular weight excluding hydrogens is 392 g/mol. The molecule has 0 heterocycles. The highest BCUT2D eigenvalue weighted by Crippen LogP contribution is 2.75. The molecule has 0 aromatic heterocycles. The molecule has 100 valence electrons. The summed E-state index contributed by atoms with van der Waals surface area (Å²) in [5.41, 5.74) is -0.876. The molecule has 0 N–H and O–H groups in total. The Kier molecular flexibility index (Phi) is 4.31. The minimum atomic E-state index is -0.998. The van der Waals surface area contributed by atoms with Crippen molar-refractivity contribution >= 4 is 92.8 Å². The van der Waals surface area contributed by atoms with E-state index in [4.69, 9.17) is 92.8 Å². The third-order valence-electron chi connectivity index (χ3n) is 3.94. The SMILES string of the molecule is ClC(Cl)C1(C(Cl)Cl)C2CC(Cl)(Cl)C1CC2(Cl)Cl. The fourth-order valence-corrected chi connectivity index (χ4v) is 6.82. The highest BCUT2D eigenvalue weighted by Gasteiger charge is 2.76. The molecule has 2 unspecified atom stereocenters. The normalized spacial score (nSPS) is 37.1. The van der Waals surface area contributed by atoms with Gasteiger partial charge in [0.25, 0.3) is 0 Å². The molecule has 0 spiro atoms. The Morgan fingerprint density at radius 1 is 0.706 bits per heavy atom. The lowest BCUT2D eigenvalue weighted by atomic mass is 9.80. The lowest BCUT2D eigenvalue weighted by molar-refractivity contribution is 0.233. The maximum atomic E-state index is 6.28. The van der Waals surface area contributed by atoms with Gasteiger partial charge in [-0.3, -0.25) is 0 Å². The van der Waals surface area contributed by atoms with Gasteiger partial charge in [0.15, 0.2) is 0 Å². The van der Waals surface area contributed by atoms with Crippen molar-refractivity contribution in [2.75, 3.05) is 0 Å². The quantitative estimate of drug-likeness (QED) is 0.502. The molecule has 0 radical (unpaired) electrons. The van der Waals surface area contributed by atoms with Gasteiger partial charge in [-0.25, -0.2) is 0 Å². The Morgan fingerprint density at radius 3 is 1.18 bits per heavy atom. The predicted molar refractivity (Wildman–Crippen MR) is 78.5 cm³/mol. The van der Waals surface area contributed by atoms with E-state index in [9.17, 15) is 0 Å². The molecule has 2 bridgehead atoms. The van der Waals surface area contributed by atoms with E-state index in [0.717, 1.165) is 0 Å². The van der Waals surface area contributed by atoms with Crippen LogP contribution in [0.15, 0.2) is 0 Å². The van der Waals surface area contributed by atoms with E-state index < -0.39 is 23.8 Å². The number of hydrogen-bond donors (Lipinski definition) is 0. The van der Waals surface area contributed by atoms with Gasteiger partial charge in [-0.15, -0.1) is 92.8 Å². The fourth-order valence-electron chi connectivity index (χ4n) is 3.16. The van der Waals surface area contributed by atoms with Gasteiger partial charge >= 0.3 is 0 Å². The van der Waals surface area contributed by atoms with Gasteiger partial charge < -0.3 is 0 Å². The van der Waals surface area contributed by atoms with Crippen molar-refractivity contribution in [1.29, 1.82) is 0 Å². The van der Waals surface area contributed by atoms with Crippen LogP contribution >= 0.6 is 92.8 Å². The lowest BCUT2D eigenvalue weighted by Gasteiger charge is -2.38. The first-order valence-corrected chi connectivity index (χ1v) is 8.14. The van der Waals surface area contributed by atoms with Crippen LogP contribution < -0.4 is 0 Å². The van der Waals surface area contributed by atoms with Crippen LogP contribution in [0.25, 0.3) is 0 Å². The summed E-state index contributed by atoms with van der Waals surface area (Å²) in [4.78, 5) is -1.67. The van der Waals surface area contributed by atoms with Crippen LogP contribution in [0.3, 0.4) is 0 Å². The summed E-state index contributed by atoms with van der Waals surface area (Å²) in [5, 5.41) is 0. The first-order chi connectivity index (χ1) is 7.57. The van der Waals surface area contributed by atoms with E-state index in [0.29, 0.717) is 12.8 Å². The average molecular weight is 400 g/mol. The Morgan fingerprint density at radius 2 is 1.00 bits per heavy atom. The Labute approximate surface area is 140 Å². The summed E-state index contributed by atoms with van der Waals surface area (Å²) < 4.78 is -2.00. The molecule has 2 aliphatic rings. The predicted octanol–water partition coefficient (Wildman–Crippen LogP) is 5.97. The Balaban J connectivity index is 2.54. The molecule has 0 nitrogen and oxygen atoms in total. The molecule has 2 saturated carbocycles. The second kappa shape index (κ2) is 4.67. The molecule has 2 aliphatic carbocycles. The molecule has 0 aliphatic heterocycles. The van der Waals surface area contributed by atoms with E-state index in [-0.39, 0.29) is 11.8 Å². The molecule has 0 saturated heterocycles. The van der Waals surface area contributed by atoms with Crippen LogP contribution in [0.2, 0.25) is 0 Å². The van der Waals surface area contributed by atoms with E-state index in [1.165, 1.54) is 0 Å². The topological polar surface area (TPSA) is 0 Å². The first-order valence-electron chi connectivity index (χ1n) is 4.88. The first kappa shape index (κ1) is 15.7. The molecule has 0 aromatic rings. The summed E-state index contributed by atoms with van der Waals surface area (Å²) in [5.74, 6) is -0.670. The van der Waals surface area contributed by atoms with E-state index >= 15 is 0 Å². The van der Waals surface area contributed by atoms with E-state index in [1.54, 1.807) is 0 Å². The largest absolute Gasteiger partial charge is 0.122 e. The molecular formula is C9H8Cl8. The molecule has 17 heavy (non-hydrogen) atoms. The van der Waals surface area contributed by atoms with Gasteiger partial charge in [-0.05, 0) is 12.8 Å². The maximum Gasteiger partial charge on any atom is 0.122 e. The minimum Gasteiger partial charge on any atom is -0.105 e. The fraction of sp³-hybridized carbons (Fsp3) is 1.00. The van der Waals surface area contributed by atoms with Crippen LogP contribution in [0.5, 0.6) is 0 Å². The summed E-state index contributed by atoms with van der Waals surface area (Å²) >= 11 is 49.4. The van der Waals surface area contributed by atoms with Crippen LogP contribution in [-0.2, 0) is 0 Å². The van der Waals surface area contributed by atoms with Crippen LogP contribution in [0.4, 0.5) is 0 Å². The zero-order valence-corrected chi connectivity index (χ0v) is 14.3. The molecule has 2 atom stereocenters. The zero-order chi connectivity index (χ0) is 13.2. The highest BCUT2D eigenvalue weighted by atomic mass is 35.5. The number of alkyl halides is 8. The third-order valence-corrected chi connectivity index (χ3v) is 7.12. The van der Waals surface area contributed by atoms with Crippen LogP contribution in [0, 0.1) is 17.3 Å². The van der Waals surface area contributed by atoms with Crippen molar-refractivity contribution in [3.8, 4) is 0 Å². The Bertz CT molecular complexity index is 291. The van der Waals surface area contributed by atoms with Crippen molar-refractivity contribution in [2.24, 2.45) is 17.3 Å². The van der Waals surface area contributed by atoms with Gasteiger partial charge in [0.1, 0.15) is 18.3 Å². The number of halogens is 8. The van der Waals surface area contributed by atoms with Crippen LogP contribution in [-0.4, -0.2) is 18.3 Å². The second-order valence-electron chi connectivity index (χ2n) is 4.64. The van der Waals surface area contributed by atoms with Crippen LogP contribution in [0.1, 0.15) is 12.8 Å². The number of fused-ring (bicyclic) bond motifs is 2. The van der Waals surface area contributed by atoms with Gasteiger partial charge in [0.05, 0.1) is 0 Å². The third kappa shape index (κ3) is 2.09. The number of rotatable bonds is 2. The van der Waals surface area contributed by atoms with E-state index in [2.05, 4.69) is 0 Å². The van der Waals surface area contributed by atoms with Crippen molar-refractivity contribution in [2.45, 2.75) is 31.2 Å². The highest BCUT2D eigenvalue weighted by molar-refractivity contribution is 6.54. The second-order valence-corrected chi connectivity index (χ2v) is 9.91. The summed E-state index contributed by atoms with van der Waals surface area (Å²) in [6.07, 6.45) is 0.749. The Hall–Kier alpha value is 2.32. The monoisotopic (exact) mass is 396 g/mol. The molecule has 8 heteroatoms. The van der Waals surface area contributed by atoms with Crippen molar-refractivity contribution in [1.82, 2.24) is 0 Å². The summed E-state index contributed by atoms with van der Waals surface area (Å²) in [6.45, 7) is 0. The maximum absolute atomic E-state index is 6.28. The summed E-state index contributed by atoms with van der Waals surface area (Å²) in [7, 11) is 0. The molecule has 0 amide bonds. The standard InChI is InChI=1S/C9H8Cl8/c10-5(11)9(6(12)13)3-1-7(14,15)4(9)2-8(3,16)17/h3-6H,1-2H2. The van der Waals surface area contributed by atoms with Gasteiger partial charge in [0, 0.05) is 17.3 Å². The minimum absolute atomic E-state index is 0.335. The van der Waals surface area contributed by atoms with Crippen molar-refractivity contribution < 1.29 is 0 Å². The number of hydrogen-bond acceptors (Lipinski definition) is 0. The van der Waals surface area contributed by atoms with Crippen molar-refractivity contribution in [3.05, 3.63) is 0 Å². The molecule has 2 fully saturated rings. The van der Waals surface area contributed by atoms with Gasteiger partial charge in [0.2, 0.25) is 0 Å². The lowest BCUT2D eigenvalue weighted by Crippen LogP contribution is -2.43. The summed E-state index contributed by atoms with van der Waals surface area (Å²) in [6, 6.07) is 0. The van der Waals surface area contributed by atoms with Gasteiger partial charge in [-0.1, -0.05) is 0 Å². The smallest absolute Gasteiger partial charge is 0.105 e. The molecule has 2 rings (SSSR count). The van der Waals surface area contributed by atoms with E-state index in [1.807, 2.05) is 0 Å². The average Bonchev–Trinajstić information content (AvgIpc) is 2.48. The molecule has 0 aromatic carbocycles.